The maximum absolute atomic E-state index is 5.86. The summed E-state index contributed by atoms with van der Waals surface area (Å²) in [5.74, 6) is 0. The summed E-state index contributed by atoms with van der Waals surface area (Å²) >= 11 is 7.97. The Morgan fingerprint density at radius 1 is 1.55 bits per heavy atom. The van der Waals surface area contributed by atoms with E-state index in [4.69, 9.17) is 11.6 Å². The Hall–Kier alpha value is -0.290. The van der Waals surface area contributed by atoms with Crippen LogP contribution < -0.4 is 0 Å². The number of nitrogens with zero attached hydrogens (tertiary/aromatic N) is 1. The van der Waals surface area contributed by atoms with Gasteiger partial charge in [0.15, 0.2) is 0 Å². The zero-order valence-electron chi connectivity index (χ0n) is 5.44. The van der Waals surface area contributed by atoms with E-state index in [1.165, 1.54) is 0 Å². The molecule has 0 fully saturated rings. The second-order valence-electron chi connectivity index (χ2n) is 2.18. The Kier molecular flexibility index (Phi) is 1.77. The summed E-state index contributed by atoms with van der Waals surface area (Å²) in [6, 6.07) is 3.85. The first-order valence-corrected chi connectivity index (χ1v) is 4.52. The molecule has 2 aromatic heterocycles. The molecule has 0 aliphatic carbocycles. The minimum absolute atomic E-state index is 0.706. The van der Waals surface area contributed by atoms with Crippen molar-refractivity contribution in [3.63, 3.8) is 0 Å². The summed E-state index contributed by atoms with van der Waals surface area (Å²) in [6.45, 7) is 0. The van der Waals surface area contributed by atoms with Crippen molar-refractivity contribution in [2.75, 3.05) is 0 Å². The number of pyridine rings is 1. The van der Waals surface area contributed by atoms with Gasteiger partial charge in [0.05, 0.1) is 5.02 Å². The predicted molar refractivity (Wildman–Crippen MR) is 53.8 cm³/mol. The second-order valence-corrected chi connectivity index (χ2v) is 3.61. The third-order valence-corrected chi connectivity index (χ3v) is 2.87. The second kappa shape index (κ2) is 2.64. The highest BCUT2D eigenvalue weighted by Gasteiger charge is 2.01. The number of aromatic amines is 1. The van der Waals surface area contributed by atoms with Gasteiger partial charge in [-0.15, -0.1) is 0 Å². The highest BCUT2D eigenvalue weighted by atomic mass is 127. The Balaban J connectivity index is 2.86. The van der Waals surface area contributed by atoms with Crippen LogP contribution in [-0.4, -0.2) is 9.97 Å². The predicted octanol–water partition coefficient (Wildman–Crippen LogP) is 2.82. The molecule has 0 unspecified atom stereocenters. The van der Waals surface area contributed by atoms with E-state index >= 15 is 0 Å². The standard InChI is InChI=1S/C7H4ClIN2/c8-5-3-4-1-2-10-7(4)11-6(5)9/h1-3H,(H,10,11). The van der Waals surface area contributed by atoms with Gasteiger partial charge in [-0.05, 0) is 34.7 Å². The Morgan fingerprint density at radius 3 is 3.18 bits per heavy atom. The van der Waals surface area contributed by atoms with Gasteiger partial charge in [0.1, 0.15) is 9.35 Å². The molecule has 1 N–H and O–H groups in total. The number of hydrogen-bond acceptors (Lipinski definition) is 1. The van der Waals surface area contributed by atoms with Gasteiger partial charge in [0.25, 0.3) is 0 Å². The van der Waals surface area contributed by atoms with Crippen LogP contribution in [0.5, 0.6) is 0 Å². The van der Waals surface area contributed by atoms with Gasteiger partial charge in [-0.2, -0.15) is 0 Å². The molecule has 0 atom stereocenters. The van der Waals surface area contributed by atoms with Gasteiger partial charge in [0, 0.05) is 11.6 Å². The summed E-state index contributed by atoms with van der Waals surface area (Å²) < 4.78 is 0.833. The lowest BCUT2D eigenvalue weighted by Gasteiger charge is -1.93. The molecular weight excluding hydrogens is 274 g/mol. The van der Waals surface area contributed by atoms with E-state index in [-0.39, 0.29) is 0 Å². The van der Waals surface area contributed by atoms with Crippen molar-refractivity contribution in [2.45, 2.75) is 0 Å². The van der Waals surface area contributed by atoms with Crippen molar-refractivity contribution in [3.8, 4) is 0 Å². The van der Waals surface area contributed by atoms with E-state index < -0.39 is 0 Å². The number of hydrogen-bond donors (Lipinski definition) is 1. The third kappa shape index (κ3) is 1.22. The first-order valence-electron chi connectivity index (χ1n) is 3.06. The first-order chi connectivity index (χ1) is 5.27. The van der Waals surface area contributed by atoms with E-state index in [0.717, 1.165) is 14.7 Å². The highest BCUT2D eigenvalue weighted by molar-refractivity contribution is 14.1. The summed E-state index contributed by atoms with van der Waals surface area (Å²) in [5, 5.41) is 1.76. The van der Waals surface area contributed by atoms with Gasteiger partial charge in [-0.3, -0.25) is 0 Å². The molecule has 0 aliphatic rings. The fraction of sp³-hybridized carbons (Fsp3) is 0. The molecule has 0 radical (unpaired) electrons. The van der Waals surface area contributed by atoms with Crippen molar-refractivity contribution in [2.24, 2.45) is 0 Å². The van der Waals surface area contributed by atoms with Crippen LogP contribution in [-0.2, 0) is 0 Å². The zero-order chi connectivity index (χ0) is 7.84. The number of fused-ring (bicyclic) bond motifs is 1. The highest BCUT2D eigenvalue weighted by Crippen LogP contribution is 2.20. The molecule has 0 aliphatic heterocycles. The number of aromatic nitrogens is 2. The van der Waals surface area contributed by atoms with Crippen molar-refractivity contribution in [3.05, 3.63) is 27.1 Å². The summed E-state index contributed by atoms with van der Waals surface area (Å²) in [5.41, 5.74) is 0.888. The maximum atomic E-state index is 5.86. The average molecular weight is 278 g/mol. The Morgan fingerprint density at radius 2 is 2.36 bits per heavy atom. The van der Waals surface area contributed by atoms with Gasteiger partial charge in [-0.25, -0.2) is 4.98 Å². The number of nitrogens with one attached hydrogen (secondary N) is 1. The van der Waals surface area contributed by atoms with Gasteiger partial charge >= 0.3 is 0 Å². The van der Waals surface area contributed by atoms with Crippen molar-refractivity contribution >= 4 is 45.2 Å². The molecule has 2 heterocycles. The van der Waals surface area contributed by atoms with Gasteiger partial charge in [-0.1, -0.05) is 11.6 Å². The monoisotopic (exact) mass is 278 g/mol. The lowest BCUT2D eigenvalue weighted by Crippen LogP contribution is -1.82. The lowest BCUT2D eigenvalue weighted by molar-refractivity contribution is 1.28. The Labute approximate surface area is 82.1 Å². The summed E-state index contributed by atoms with van der Waals surface area (Å²) in [4.78, 5) is 7.25. The first kappa shape index (κ1) is 7.36. The van der Waals surface area contributed by atoms with Crippen molar-refractivity contribution in [1.29, 1.82) is 0 Å². The molecule has 0 spiro atoms. The molecule has 0 saturated heterocycles. The molecule has 2 aromatic rings. The fourth-order valence-electron chi connectivity index (χ4n) is 0.934. The molecule has 0 bridgehead atoms. The fourth-order valence-corrected chi connectivity index (χ4v) is 1.49. The molecule has 4 heteroatoms. The quantitative estimate of drug-likeness (QED) is 0.582. The van der Waals surface area contributed by atoms with Crippen LogP contribution in [0, 0.1) is 3.70 Å². The zero-order valence-corrected chi connectivity index (χ0v) is 8.35. The number of halogens is 2. The van der Waals surface area contributed by atoms with E-state index in [1.54, 1.807) is 0 Å². The van der Waals surface area contributed by atoms with Crippen LogP contribution in [0.1, 0.15) is 0 Å². The van der Waals surface area contributed by atoms with Gasteiger partial charge in [0.2, 0.25) is 0 Å². The third-order valence-electron chi connectivity index (χ3n) is 1.45. The maximum Gasteiger partial charge on any atom is 0.138 e. The SMILES string of the molecule is Clc1cc2cc[nH]c2nc1I. The molecule has 0 amide bonds. The molecule has 0 aromatic carbocycles. The molecular formula is C7H4ClIN2. The molecule has 11 heavy (non-hydrogen) atoms. The minimum atomic E-state index is 0.706. The minimum Gasteiger partial charge on any atom is -0.346 e. The van der Waals surface area contributed by atoms with E-state index in [2.05, 4.69) is 32.6 Å². The van der Waals surface area contributed by atoms with E-state index in [0.29, 0.717) is 5.02 Å². The number of rotatable bonds is 0. The van der Waals surface area contributed by atoms with Crippen LogP contribution in [0.15, 0.2) is 18.3 Å². The molecule has 2 nitrogen and oxygen atoms in total. The topological polar surface area (TPSA) is 28.7 Å². The van der Waals surface area contributed by atoms with E-state index in [9.17, 15) is 0 Å². The van der Waals surface area contributed by atoms with Gasteiger partial charge < -0.3 is 4.98 Å². The molecule has 2 rings (SSSR count). The van der Waals surface area contributed by atoms with Crippen LogP contribution in [0.3, 0.4) is 0 Å². The summed E-state index contributed by atoms with van der Waals surface area (Å²) in [6.07, 6.45) is 1.85. The van der Waals surface area contributed by atoms with E-state index in [1.807, 2.05) is 18.3 Å². The lowest BCUT2D eigenvalue weighted by atomic mass is 10.3. The largest absolute Gasteiger partial charge is 0.346 e. The van der Waals surface area contributed by atoms with Crippen LogP contribution in [0.25, 0.3) is 11.0 Å². The summed E-state index contributed by atoms with van der Waals surface area (Å²) in [7, 11) is 0. The smallest absolute Gasteiger partial charge is 0.138 e. The molecule has 56 valence electrons. The molecule has 0 saturated carbocycles. The average Bonchev–Trinajstić information content (AvgIpc) is 2.36. The normalized spacial score (nSPS) is 10.7. The van der Waals surface area contributed by atoms with Crippen LogP contribution in [0.4, 0.5) is 0 Å². The van der Waals surface area contributed by atoms with Crippen LogP contribution in [0.2, 0.25) is 5.02 Å². The van der Waals surface area contributed by atoms with Crippen molar-refractivity contribution < 1.29 is 0 Å². The Bertz CT molecular complexity index is 360. The van der Waals surface area contributed by atoms with Crippen LogP contribution >= 0.6 is 34.2 Å². The number of H-pyrrole nitrogens is 1. The van der Waals surface area contributed by atoms with Crippen molar-refractivity contribution in [1.82, 2.24) is 9.97 Å².